The summed E-state index contributed by atoms with van der Waals surface area (Å²) in [5.41, 5.74) is 1.20. The molecule has 0 unspecified atom stereocenters. The molecule has 134 valence electrons. The van der Waals surface area contributed by atoms with Crippen LogP contribution in [0, 0.1) is 0 Å². The highest BCUT2D eigenvalue weighted by Crippen LogP contribution is 2.17. The van der Waals surface area contributed by atoms with Crippen LogP contribution in [0.25, 0.3) is 0 Å². The van der Waals surface area contributed by atoms with Gasteiger partial charge in [0, 0.05) is 44.1 Å². The number of morpholine rings is 1. The number of ether oxygens (including phenoxy) is 2. The fourth-order valence-corrected chi connectivity index (χ4v) is 3.44. The molecule has 0 radical (unpaired) electrons. The lowest BCUT2D eigenvalue weighted by Gasteiger charge is -2.32. The molecule has 0 spiro atoms. The number of aromatic nitrogens is 1. The summed E-state index contributed by atoms with van der Waals surface area (Å²) < 4.78 is 11.2. The summed E-state index contributed by atoms with van der Waals surface area (Å²) in [5, 5.41) is 5.33. The largest absolute Gasteiger partial charge is 0.497 e. The van der Waals surface area contributed by atoms with Crippen molar-refractivity contribution in [2.75, 3.05) is 38.7 Å². The van der Waals surface area contributed by atoms with Crippen molar-refractivity contribution in [3.8, 4) is 5.75 Å². The van der Waals surface area contributed by atoms with Crippen LogP contribution in [0.4, 0.5) is 5.13 Å². The van der Waals surface area contributed by atoms with Crippen LogP contribution >= 0.6 is 11.3 Å². The number of methoxy groups -OCH3 is 1. The Morgan fingerprint density at radius 3 is 3.24 bits per heavy atom. The molecule has 1 aromatic carbocycles. The summed E-state index contributed by atoms with van der Waals surface area (Å²) in [7, 11) is 1.68. The average molecular weight is 361 g/mol. The number of rotatable bonds is 7. The van der Waals surface area contributed by atoms with E-state index in [9.17, 15) is 4.79 Å². The first-order valence-electron chi connectivity index (χ1n) is 8.39. The van der Waals surface area contributed by atoms with Crippen molar-refractivity contribution in [1.82, 2.24) is 9.88 Å². The zero-order chi connectivity index (χ0) is 17.5. The normalized spacial score (nSPS) is 18.0. The molecule has 3 rings (SSSR count). The van der Waals surface area contributed by atoms with Crippen molar-refractivity contribution >= 4 is 22.4 Å². The monoisotopic (exact) mass is 361 g/mol. The molecule has 1 aliphatic heterocycles. The van der Waals surface area contributed by atoms with Crippen molar-refractivity contribution in [1.29, 1.82) is 0 Å². The number of hydrogen-bond acceptors (Lipinski definition) is 6. The smallest absolute Gasteiger partial charge is 0.227 e. The Morgan fingerprint density at radius 2 is 2.44 bits per heavy atom. The molecule has 0 aliphatic carbocycles. The predicted octanol–water partition coefficient (Wildman–Crippen LogP) is 2.42. The molecule has 1 atom stereocenters. The van der Waals surface area contributed by atoms with Gasteiger partial charge in [0.25, 0.3) is 0 Å². The fourth-order valence-electron chi connectivity index (χ4n) is 2.90. The van der Waals surface area contributed by atoms with Gasteiger partial charge in [-0.05, 0) is 17.7 Å². The van der Waals surface area contributed by atoms with Gasteiger partial charge >= 0.3 is 0 Å². The molecular weight excluding hydrogens is 338 g/mol. The minimum Gasteiger partial charge on any atom is -0.497 e. The fraction of sp³-hybridized carbons (Fsp3) is 0.444. The van der Waals surface area contributed by atoms with Crippen molar-refractivity contribution < 1.29 is 14.3 Å². The van der Waals surface area contributed by atoms with E-state index in [-0.39, 0.29) is 12.0 Å². The maximum atomic E-state index is 12.0. The molecule has 2 aromatic rings. The predicted molar refractivity (Wildman–Crippen MR) is 98.2 cm³/mol. The molecule has 1 fully saturated rings. The Kier molecular flexibility index (Phi) is 6.38. The maximum Gasteiger partial charge on any atom is 0.227 e. The molecule has 0 saturated carbocycles. The van der Waals surface area contributed by atoms with Crippen LogP contribution in [-0.2, 0) is 16.0 Å². The zero-order valence-corrected chi connectivity index (χ0v) is 15.1. The molecule has 2 heterocycles. The van der Waals surface area contributed by atoms with Crippen LogP contribution in [0.5, 0.6) is 5.75 Å². The van der Waals surface area contributed by atoms with E-state index in [4.69, 9.17) is 9.47 Å². The number of carbonyl (C=O) groups excluding carboxylic acids is 1. The summed E-state index contributed by atoms with van der Waals surface area (Å²) >= 11 is 1.43. The molecule has 7 heteroatoms. The SMILES string of the molecule is COc1cccc(C[C@H]2CN(CCC(=O)Nc3nccs3)CCO2)c1. The maximum absolute atomic E-state index is 12.0. The highest BCUT2D eigenvalue weighted by molar-refractivity contribution is 7.13. The van der Waals surface area contributed by atoms with Crippen LogP contribution < -0.4 is 10.1 Å². The van der Waals surface area contributed by atoms with Gasteiger partial charge in [0.2, 0.25) is 5.91 Å². The molecule has 6 nitrogen and oxygen atoms in total. The van der Waals surface area contributed by atoms with E-state index in [2.05, 4.69) is 21.3 Å². The molecular formula is C18H23N3O3S. The Labute approximate surface area is 151 Å². The Bertz CT molecular complexity index is 678. The minimum atomic E-state index is 0.00536. The van der Waals surface area contributed by atoms with Gasteiger partial charge in [-0.15, -0.1) is 11.3 Å². The van der Waals surface area contributed by atoms with Gasteiger partial charge < -0.3 is 14.8 Å². The number of nitrogens with zero attached hydrogens (tertiary/aromatic N) is 2. The highest BCUT2D eigenvalue weighted by atomic mass is 32.1. The number of thiazole rings is 1. The molecule has 1 amide bonds. The molecule has 1 aliphatic rings. The van der Waals surface area contributed by atoms with Crippen molar-refractivity contribution in [3.63, 3.8) is 0 Å². The van der Waals surface area contributed by atoms with Crippen LogP contribution in [0.2, 0.25) is 0 Å². The molecule has 25 heavy (non-hydrogen) atoms. The van der Waals surface area contributed by atoms with Gasteiger partial charge in [0.15, 0.2) is 5.13 Å². The topological polar surface area (TPSA) is 63.7 Å². The van der Waals surface area contributed by atoms with E-state index in [0.29, 0.717) is 18.2 Å². The first-order valence-corrected chi connectivity index (χ1v) is 9.27. The third-order valence-electron chi connectivity index (χ3n) is 4.15. The Morgan fingerprint density at radius 1 is 1.52 bits per heavy atom. The van der Waals surface area contributed by atoms with E-state index in [1.807, 2.05) is 23.6 Å². The lowest BCUT2D eigenvalue weighted by molar-refractivity contribution is -0.117. The number of carbonyl (C=O) groups is 1. The lowest BCUT2D eigenvalue weighted by Crippen LogP contribution is -2.44. The lowest BCUT2D eigenvalue weighted by atomic mass is 10.1. The number of nitrogens with one attached hydrogen (secondary N) is 1. The minimum absolute atomic E-state index is 0.00536. The first-order chi connectivity index (χ1) is 12.2. The molecule has 1 N–H and O–H groups in total. The summed E-state index contributed by atoms with van der Waals surface area (Å²) in [6.07, 6.45) is 3.14. The number of hydrogen-bond donors (Lipinski definition) is 1. The van der Waals surface area contributed by atoms with Crippen molar-refractivity contribution in [3.05, 3.63) is 41.4 Å². The second-order valence-corrected chi connectivity index (χ2v) is 6.88. The summed E-state index contributed by atoms with van der Waals surface area (Å²) in [6.45, 7) is 3.12. The van der Waals surface area contributed by atoms with E-state index in [1.54, 1.807) is 13.3 Å². The first kappa shape index (κ1) is 17.8. The van der Waals surface area contributed by atoms with Gasteiger partial charge in [-0.2, -0.15) is 0 Å². The Hall–Kier alpha value is -1.96. The van der Waals surface area contributed by atoms with E-state index >= 15 is 0 Å². The van der Waals surface area contributed by atoms with Gasteiger partial charge in [-0.25, -0.2) is 4.98 Å². The third kappa shape index (κ3) is 5.52. The van der Waals surface area contributed by atoms with Crippen LogP contribution in [0.15, 0.2) is 35.8 Å². The van der Waals surface area contributed by atoms with Crippen LogP contribution in [-0.4, -0.2) is 55.2 Å². The number of benzene rings is 1. The number of anilines is 1. The van der Waals surface area contributed by atoms with Gasteiger partial charge in [-0.3, -0.25) is 9.69 Å². The summed E-state index contributed by atoms with van der Waals surface area (Å²) in [6, 6.07) is 8.08. The molecule has 1 saturated heterocycles. The average Bonchev–Trinajstić information content (AvgIpc) is 3.13. The van der Waals surface area contributed by atoms with Crippen molar-refractivity contribution in [2.24, 2.45) is 0 Å². The quantitative estimate of drug-likeness (QED) is 0.821. The number of amides is 1. The summed E-state index contributed by atoms with van der Waals surface area (Å²) in [5.74, 6) is 0.870. The standard InChI is InChI=1S/C18H23N3O3S/c1-23-15-4-2-3-14(11-15)12-16-13-21(8-9-24-16)7-5-17(22)20-18-19-6-10-25-18/h2-4,6,10-11,16H,5,7-9,12-13H2,1H3,(H,19,20,22)/t16-/m0/s1. The highest BCUT2D eigenvalue weighted by Gasteiger charge is 2.21. The van der Waals surface area contributed by atoms with Crippen LogP contribution in [0.3, 0.4) is 0 Å². The van der Waals surface area contributed by atoms with Gasteiger partial charge in [0.05, 0.1) is 19.8 Å². The molecule has 0 bridgehead atoms. The van der Waals surface area contributed by atoms with Crippen LogP contribution in [0.1, 0.15) is 12.0 Å². The van der Waals surface area contributed by atoms with E-state index in [1.165, 1.54) is 16.9 Å². The molecule has 1 aromatic heterocycles. The van der Waals surface area contributed by atoms with E-state index < -0.39 is 0 Å². The van der Waals surface area contributed by atoms with E-state index in [0.717, 1.165) is 31.8 Å². The summed E-state index contributed by atoms with van der Waals surface area (Å²) in [4.78, 5) is 18.3. The Balaban J connectivity index is 1.45. The third-order valence-corrected chi connectivity index (χ3v) is 4.84. The van der Waals surface area contributed by atoms with Gasteiger partial charge in [-0.1, -0.05) is 12.1 Å². The van der Waals surface area contributed by atoms with Gasteiger partial charge in [0.1, 0.15) is 5.75 Å². The zero-order valence-electron chi connectivity index (χ0n) is 14.3. The second-order valence-electron chi connectivity index (χ2n) is 5.98. The van der Waals surface area contributed by atoms with Crippen molar-refractivity contribution in [2.45, 2.75) is 18.9 Å². The second kappa shape index (κ2) is 8.94.